The molecule has 1 atom stereocenters. The fourth-order valence-corrected chi connectivity index (χ4v) is 3.43. The summed E-state index contributed by atoms with van der Waals surface area (Å²) >= 11 is 0. The molecular formula is C19H25N3O5. The first-order chi connectivity index (χ1) is 13.0. The molecule has 1 N–H and O–H groups in total. The lowest BCUT2D eigenvalue weighted by Crippen LogP contribution is -2.33. The second-order valence-electron chi connectivity index (χ2n) is 6.45. The summed E-state index contributed by atoms with van der Waals surface area (Å²) in [4.78, 5) is 14.7. The molecular weight excluding hydrogens is 350 g/mol. The number of carbonyl (C=O) groups is 1. The van der Waals surface area contributed by atoms with Crippen LogP contribution in [0.3, 0.4) is 0 Å². The van der Waals surface area contributed by atoms with Crippen LogP contribution in [0.15, 0.2) is 22.7 Å². The number of benzene rings is 1. The van der Waals surface area contributed by atoms with Gasteiger partial charge in [0.1, 0.15) is 11.5 Å². The van der Waals surface area contributed by atoms with Crippen LogP contribution in [0.4, 0.5) is 5.69 Å². The Bertz CT molecular complexity index is 779. The highest BCUT2D eigenvalue weighted by Crippen LogP contribution is 2.40. The van der Waals surface area contributed by atoms with Crippen molar-refractivity contribution in [2.75, 3.05) is 39.7 Å². The van der Waals surface area contributed by atoms with Gasteiger partial charge in [-0.1, -0.05) is 5.16 Å². The summed E-state index contributed by atoms with van der Waals surface area (Å²) in [6, 6.07) is 5.46. The summed E-state index contributed by atoms with van der Waals surface area (Å²) in [6.45, 7) is 2.99. The van der Waals surface area contributed by atoms with Gasteiger partial charge >= 0.3 is 0 Å². The lowest BCUT2D eigenvalue weighted by Gasteiger charge is -2.22. The number of amides is 1. The van der Waals surface area contributed by atoms with Crippen LogP contribution in [-0.4, -0.2) is 50.4 Å². The second-order valence-corrected chi connectivity index (χ2v) is 6.45. The predicted octanol–water partition coefficient (Wildman–Crippen LogP) is 2.78. The van der Waals surface area contributed by atoms with Crippen molar-refractivity contribution >= 4 is 11.6 Å². The first kappa shape index (κ1) is 19.0. The summed E-state index contributed by atoms with van der Waals surface area (Å²) in [6.07, 6.45) is 1.98. The molecule has 146 valence electrons. The molecule has 0 saturated carbocycles. The average Bonchev–Trinajstić information content (AvgIpc) is 3.29. The van der Waals surface area contributed by atoms with Crippen molar-refractivity contribution in [1.82, 2.24) is 10.1 Å². The van der Waals surface area contributed by atoms with E-state index in [1.54, 1.807) is 12.1 Å². The van der Waals surface area contributed by atoms with Gasteiger partial charge in [-0.3, -0.25) is 9.69 Å². The molecule has 1 fully saturated rings. The Balaban J connectivity index is 1.70. The summed E-state index contributed by atoms with van der Waals surface area (Å²) < 4.78 is 21.1. The minimum Gasteiger partial charge on any atom is -0.493 e. The molecule has 0 unspecified atom stereocenters. The van der Waals surface area contributed by atoms with E-state index in [-0.39, 0.29) is 18.5 Å². The Morgan fingerprint density at radius 2 is 1.93 bits per heavy atom. The number of ether oxygens (including phenoxy) is 3. The molecule has 1 aromatic carbocycles. The van der Waals surface area contributed by atoms with E-state index in [0.717, 1.165) is 30.8 Å². The molecule has 1 aromatic heterocycles. The molecule has 8 nitrogen and oxygen atoms in total. The Morgan fingerprint density at radius 1 is 1.22 bits per heavy atom. The molecule has 1 saturated heterocycles. The monoisotopic (exact) mass is 375 g/mol. The molecule has 3 rings (SSSR count). The van der Waals surface area contributed by atoms with Crippen LogP contribution in [-0.2, 0) is 4.79 Å². The van der Waals surface area contributed by atoms with Gasteiger partial charge in [-0.2, -0.15) is 0 Å². The van der Waals surface area contributed by atoms with Crippen molar-refractivity contribution < 1.29 is 23.5 Å². The average molecular weight is 375 g/mol. The van der Waals surface area contributed by atoms with E-state index in [2.05, 4.69) is 15.4 Å². The van der Waals surface area contributed by atoms with Crippen molar-refractivity contribution in [3.05, 3.63) is 29.7 Å². The van der Waals surface area contributed by atoms with E-state index >= 15 is 0 Å². The number of anilines is 1. The second kappa shape index (κ2) is 8.30. The van der Waals surface area contributed by atoms with Crippen molar-refractivity contribution in [2.24, 2.45) is 0 Å². The van der Waals surface area contributed by atoms with Gasteiger partial charge in [0.05, 0.1) is 33.9 Å². The van der Waals surface area contributed by atoms with E-state index in [0.29, 0.717) is 22.9 Å². The summed E-state index contributed by atoms with van der Waals surface area (Å²) in [5, 5.41) is 7.02. The highest BCUT2D eigenvalue weighted by atomic mass is 16.5. The van der Waals surface area contributed by atoms with Crippen LogP contribution >= 0.6 is 0 Å². The highest BCUT2D eigenvalue weighted by Gasteiger charge is 2.30. The van der Waals surface area contributed by atoms with Crippen LogP contribution in [0.2, 0.25) is 0 Å². The zero-order chi connectivity index (χ0) is 19.4. The van der Waals surface area contributed by atoms with E-state index in [1.165, 1.54) is 21.3 Å². The Labute approximate surface area is 158 Å². The Hall–Kier alpha value is -2.74. The van der Waals surface area contributed by atoms with Gasteiger partial charge < -0.3 is 24.1 Å². The van der Waals surface area contributed by atoms with Crippen molar-refractivity contribution in [3.8, 4) is 17.2 Å². The minimum atomic E-state index is -0.114. The zero-order valence-corrected chi connectivity index (χ0v) is 16.1. The van der Waals surface area contributed by atoms with Crippen LogP contribution in [0.5, 0.6) is 17.2 Å². The van der Waals surface area contributed by atoms with Crippen molar-refractivity contribution in [2.45, 2.75) is 25.8 Å². The SMILES string of the molecule is COc1cc(NC(=O)CN2CCC[C@H]2c2cc(C)on2)cc(OC)c1OC. The van der Waals surface area contributed by atoms with Gasteiger partial charge in [0.15, 0.2) is 11.5 Å². The molecule has 8 heteroatoms. The number of aryl methyl sites for hydroxylation is 1. The summed E-state index contributed by atoms with van der Waals surface area (Å²) in [5.41, 5.74) is 1.47. The molecule has 0 aliphatic carbocycles. The van der Waals surface area contributed by atoms with E-state index < -0.39 is 0 Å². The first-order valence-electron chi connectivity index (χ1n) is 8.82. The molecule has 2 aromatic rings. The molecule has 0 bridgehead atoms. The van der Waals surface area contributed by atoms with Gasteiger partial charge in [0, 0.05) is 23.9 Å². The number of hydrogen-bond donors (Lipinski definition) is 1. The predicted molar refractivity (Wildman–Crippen MR) is 99.5 cm³/mol. The minimum absolute atomic E-state index is 0.105. The normalized spacial score (nSPS) is 17.0. The maximum absolute atomic E-state index is 12.6. The third-order valence-corrected chi connectivity index (χ3v) is 4.65. The maximum Gasteiger partial charge on any atom is 0.238 e. The molecule has 27 heavy (non-hydrogen) atoms. The number of methoxy groups -OCH3 is 3. The van der Waals surface area contributed by atoms with Gasteiger partial charge in [-0.05, 0) is 26.3 Å². The van der Waals surface area contributed by atoms with Gasteiger partial charge in [0.25, 0.3) is 0 Å². The van der Waals surface area contributed by atoms with Crippen LogP contribution in [0, 0.1) is 6.92 Å². The van der Waals surface area contributed by atoms with Crippen molar-refractivity contribution in [3.63, 3.8) is 0 Å². The number of nitrogens with zero attached hydrogens (tertiary/aromatic N) is 2. The smallest absolute Gasteiger partial charge is 0.238 e. The Kier molecular flexibility index (Phi) is 5.85. The van der Waals surface area contributed by atoms with E-state index in [4.69, 9.17) is 18.7 Å². The highest BCUT2D eigenvalue weighted by molar-refractivity contribution is 5.93. The summed E-state index contributed by atoms with van der Waals surface area (Å²) in [7, 11) is 4.62. The zero-order valence-electron chi connectivity index (χ0n) is 16.1. The molecule has 0 radical (unpaired) electrons. The summed E-state index contributed by atoms with van der Waals surface area (Å²) in [5.74, 6) is 2.13. The van der Waals surface area contributed by atoms with Crippen LogP contribution < -0.4 is 19.5 Å². The topological polar surface area (TPSA) is 86.1 Å². The third-order valence-electron chi connectivity index (χ3n) is 4.65. The first-order valence-corrected chi connectivity index (χ1v) is 8.82. The van der Waals surface area contributed by atoms with Crippen molar-refractivity contribution in [1.29, 1.82) is 0 Å². The number of hydrogen-bond acceptors (Lipinski definition) is 7. The third kappa shape index (κ3) is 4.16. The van der Waals surface area contributed by atoms with Crippen LogP contribution in [0.25, 0.3) is 0 Å². The van der Waals surface area contributed by atoms with Gasteiger partial charge in [-0.15, -0.1) is 0 Å². The number of nitrogens with one attached hydrogen (secondary N) is 1. The number of aromatic nitrogens is 1. The van der Waals surface area contributed by atoms with Gasteiger partial charge in [-0.25, -0.2) is 0 Å². The lowest BCUT2D eigenvalue weighted by atomic mass is 10.1. The van der Waals surface area contributed by atoms with Crippen LogP contribution in [0.1, 0.15) is 30.3 Å². The fraction of sp³-hybridized carbons (Fsp3) is 0.474. The largest absolute Gasteiger partial charge is 0.493 e. The Morgan fingerprint density at radius 3 is 2.48 bits per heavy atom. The maximum atomic E-state index is 12.6. The number of likely N-dealkylation sites (tertiary alicyclic amines) is 1. The van der Waals surface area contributed by atoms with E-state index in [9.17, 15) is 4.79 Å². The van der Waals surface area contributed by atoms with Gasteiger partial charge in [0.2, 0.25) is 11.7 Å². The molecule has 2 heterocycles. The standard InChI is InChI=1S/C19H25N3O5/c1-12-8-14(21-27-12)15-6-5-7-22(15)11-18(23)20-13-9-16(24-2)19(26-4)17(10-13)25-3/h8-10,15H,5-7,11H2,1-4H3,(H,20,23)/t15-/m0/s1. The molecule has 1 amide bonds. The molecule has 0 spiro atoms. The number of carbonyl (C=O) groups excluding carboxylic acids is 1. The molecule has 1 aliphatic heterocycles. The number of rotatable bonds is 7. The quantitative estimate of drug-likeness (QED) is 0.796. The fourth-order valence-electron chi connectivity index (χ4n) is 3.43. The molecule has 1 aliphatic rings. The van der Waals surface area contributed by atoms with E-state index in [1.807, 2.05) is 13.0 Å². The lowest BCUT2D eigenvalue weighted by molar-refractivity contribution is -0.117.